The Hall–Kier alpha value is -3.58. The van der Waals surface area contributed by atoms with Crippen LogP contribution in [-0.2, 0) is 10.1 Å². The second-order valence-electron chi connectivity index (χ2n) is 5.26. The summed E-state index contributed by atoms with van der Waals surface area (Å²) in [5.74, 6) is 0.647. The molecule has 0 fully saturated rings. The fourth-order valence-electron chi connectivity index (χ4n) is 1.99. The smallest absolute Gasteiger partial charge is 0.339 e. The lowest BCUT2D eigenvalue weighted by Crippen LogP contribution is -2.21. The lowest BCUT2D eigenvalue weighted by atomic mass is 10.2. The summed E-state index contributed by atoms with van der Waals surface area (Å²) in [6.45, 7) is 7.13. The van der Waals surface area contributed by atoms with Crippen LogP contribution in [0.15, 0.2) is 57.6 Å². The quantitative estimate of drug-likeness (QED) is 0.323. The van der Waals surface area contributed by atoms with Crippen LogP contribution in [0.1, 0.15) is 18.1 Å². The molecule has 9 nitrogen and oxygen atoms in total. The van der Waals surface area contributed by atoms with E-state index in [1.54, 1.807) is 12.1 Å². The average Bonchev–Trinajstić information content (AvgIpc) is 2.61. The Bertz CT molecular complexity index is 993. The topological polar surface area (TPSA) is 153 Å². The number of nitriles is 1. The van der Waals surface area contributed by atoms with E-state index in [4.69, 9.17) is 25.6 Å². The van der Waals surface area contributed by atoms with Crippen molar-refractivity contribution >= 4 is 22.8 Å². The molecule has 2 aromatic rings. The SMILES string of the molecule is C=NN=C(N)N.CCOc1cc(C)cc(OS(=O)(=O)c2cccc(C#N)c2)c1. The van der Waals surface area contributed by atoms with E-state index in [9.17, 15) is 8.42 Å². The molecule has 0 saturated carbocycles. The highest BCUT2D eigenvalue weighted by molar-refractivity contribution is 7.87. The number of rotatable bonds is 6. The number of guanidine groups is 1. The van der Waals surface area contributed by atoms with Crippen molar-refractivity contribution in [3.63, 3.8) is 0 Å². The number of nitrogens with zero attached hydrogens (tertiary/aromatic N) is 3. The van der Waals surface area contributed by atoms with Gasteiger partial charge in [-0.1, -0.05) is 6.07 Å². The van der Waals surface area contributed by atoms with Gasteiger partial charge in [-0.3, -0.25) is 0 Å². The molecule has 0 amide bonds. The second-order valence-corrected chi connectivity index (χ2v) is 6.80. The highest BCUT2D eigenvalue weighted by atomic mass is 32.2. The molecule has 0 aliphatic heterocycles. The predicted octanol–water partition coefficient (Wildman–Crippen LogP) is 1.91. The Morgan fingerprint density at radius 3 is 2.43 bits per heavy atom. The molecule has 28 heavy (non-hydrogen) atoms. The lowest BCUT2D eigenvalue weighted by Gasteiger charge is -2.10. The van der Waals surface area contributed by atoms with Crippen molar-refractivity contribution in [1.82, 2.24) is 0 Å². The second kappa shape index (κ2) is 10.5. The number of ether oxygens (including phenoxy) is 1. The van der Waals surface area contributed by atoms with Gasteiger partial charge in [0, 0.05) is 12.8 Å². The summed E-state index contributed by atoms with van der Waals surface area (Å²) >= 11 is 0. The van der Waals surface area contributed by atoms with Gasteiger partial charge in [0.1, 0.15) is 16.4 Å². The third-order valence-corrected chi connectivity index (χ3v) is 4.22. The van der Waals surface area contributed by atoms with E-state index in [1.165, 1.54) is 30.3 Å². The molecule has 0 saturated heterocycles. The Kier molecular flexibility index (Phi) is 8.46. The van der Waals surface area contributed by atoms with Gasteiger partial charge in [0.15, 0.2) is 0 Å². The first-order valence-electron chi connectivity index (χ1n) is 7.95. The molecule has 0 radical (unpaired) electrons. The first-order valence-corrected chi connectivity index (χ1v) is 9.36. The maximum atomic E-state index is 12.3. The van der Waals surface area contributed by atoms with Crippen molar-refractivity contribution in [3.05, 3.63) is 53.6 Å². The van der Waals surface area contributed by atoms with Crippen LogP contribution < -0.4 is 20.4 Å². The molecule has 0 bridgehead atoms. The molecule has 2 aromatic carbocycles. The highest BCUT2D eigenvalue weighted by Crippen LogP contribution is 2.26. The Labute approximate surface area is 164 Å². The van der Waals surface area contributed by atoms with E-state index < -0.39 is 10.1 Å². The van der Waals surface area contributed by atoms with E-state index in [2.05, 4.69) is 16.9 Å². The van der Waals surface area contributed by atoms with Crippen molar-refractivity contribution < 1.29 is 17.3 Å². The number of nitrogens with two attached hydrogens (primary N) is 2. The molecule has 0 aromatic heterocycles. The predicted molar refractivity (Wildman–Crippen MR) is 107 cm³/mol. The summed E-state index contributed by atoms with van der Waals surface area (Å²) < 4.78 is 35.1. The van der Waals surface area contributed by atoms with Crippen molar-refractivity contribution in [2.75, 3.05) is 6.61 Å². The zero-order valence-electron chi connectivity index (χ0n) is 15.5. The van der Waals surface area contributed by atoms with Crippen LogP contribution in [-0.4, -0.2) is 27.7 Å². The van der Waals surface area contributed by atoms with Crippen LogP contribution in [0, 0.1) is 18.3 Å². The number of hydrogen-bond acceptors (Lipinski definition) is 7. The monoisotopic (exact) mass is 403 g/mol. The first kappa shape index (κ1) is 22.5. The summed E-state index contributed by atoms with van der Waals surface area (Å²) in [6.07, 6.45) is 0. The van der Waals surface area contributed by atoms with Gasteiger partial charge in [-0.2, -0.15) is 18.8 Å². The van der Waals surface area contributed by atoms with Crippen LogP contribution >= 0.6 is 0 Å². The zero-order chi connectivity index (χ0) is 21.2. The van der Waals surface area contributed by atoms with Gasteiger partial charge in [0.25, 0.3) is 0 Å². The number of benzene rings is 2. The van der Waals surface area contributed by atoms with E-state index >= 15 is 0 Å². The van der Waals surface area contributed by atoms with Crippen molar-refractivity contribution in [2.24, 2.45) is 21.7 Å². The van der Waals surface area contributed by atoms with Crippen LogP contribution in [0.25, 0.3) is 0 Å². The first-order chi connectivity index (χ1) is 13.2. The van der Waals surface area contributed by atoms with Gasteiger partial charge in [-0.15, -0.1) is 5.10 Å². The van der Waals surface area contributed by atoms with Gasteiger partial charge in [0.05, 0.1) is 18.2 Å². The van der Waals surface area contributed by atoms with E-state index in [0.717, 1.165) is 5.56 Å². The Balaban J connectivity index is 0.000000568. The van der Waals surface area contributed by atoms with Crippen molar-refractivity contribution in [2.45, 2.75) is 18.7 Å². The molecular formula is C18H21N5O4S. The maximum Gasteiger partial charge on any atom is 0.339 e. The summed E-state index contributed by atoms with van der Waals surface area (Å²) in [7, 11) is -4.00. The fourth-order valence-corrected chi connectivity index (χ4v) is 2.95. The summed E-state index contributed by atoms with van der Waals surface area (Å²) in [5, 5.41) is 15.0. The van der Waals surface area contributed by atoms with E-state index in [1.807, 2.05) is 19.9 Å². The molecule has 0 atom stereocenters. The Morgan fingerprint density at radius 2 is 1.89 bits per heavy atom. The van der Waals surface area contributed by atoms with Gasteiger partial charge in [-0.25, -0.2) is 0 Å². The molecule has 0 aliphatic rings. The third kappa shape index (κ3) is 7.35. The molecule has 2 rings (SSSR count). The minimum atomic E-state index is -4.00. The molecule has 148 valence electrons. The highest BCUT2D eigenvalue weighted by Gasteiger charge is 2.18. The fraction of sp³-hybridized carbons (Fsp3) is 0.167. The van der Waals surface area contributed by atoms with Crippen molar-refractivity contribution in [3.8, 4) is 17.6 Å². The molecular weight excluding hydrogens is 382 g/mol. The van der Waals surface area contributed by atoms with Crippen LogP contribution in [0.2, 0.25) is 0 Å². The summed E-state index contributed by atoms with van der Waals surface area (Å²) in [5.41, 5.74) is 10.7. The van der Waals surface area contributed by atoms with Crippen molar-refractivity contribution in [1.29, 1.82) is 5.26 Å². The largest absolute Gasteiger partial charge is 0.494 e. The maximum absolute atomic E-state index is 12.3. The molecule has 10 heteroatoms. The normalized spacial score (nSPS) is 9.89. The minimum absolute atomic E-state index is 0.0639. The average molecular weight is 403 g/mol. The molecule has 4 N–H and O–H groups in total. The van der Waals surface area contributed by atoms with Gasteiger partial charge in [-0.05, 0) is 49.7 Å². The number of hydrogen-bond donors (Lipinski definition) is 2. The summed E-state index contributed by atoms with van der Waals surface area (Å²) in [6, 6.07) is 12.5. The van der Waals surface area contributed by atoms with Crippen LogP contribution in [0.4, 0.5) is 0 Å². The third-order valence-electron chi connectivity index (χ3n) is 2.98. The lowest BCUT2D eigenvalue weighted by molar-refractivity contribution is 0.338. The molecule has 0 heterocycles. The minimum Gasteiger partial charge on any atom is -0.494 e. The zero-order valence-corrected chi connectivity index (χ0v) is 16.3. The van der Waals surface area contributed by atoms with Gasteiger partial charge in [0.2, 0.25) is 5.96 Å². The van der Waals surface area contributed by atoms with Crippen LogP contribution in [0.3, 0.4) is 0 Å². The Morgan fingerprint density at radius 1 is 1.21 bits per heavy atom. The van der Waals surface area contributed by atoms with Gasteiger partial charge < -0.3 is 20.4 Å². The molecule has 0 aliphatic carbocycles. The number of aryl methyl sites for hydroxylation is 1. The summed E-state index contributed by atoms with van der Waals surface area (Å²) in [4.78, 5) is -0.0639. The van der Waals surface area contributed by atoms with Crippen LogP contribution in [0.5, 0.6) is 11.5 Å². The van der Waals surface area contributed by atoms with E-state index in [0.29, 0.717) is 12.4 Å². The van der Waals surface area contributed by atoms with E-state index in [-0.39, 0.29) is 22.2 Å². The standard InChI is InChI=1S/C16H15NO4S.C2H6N4/c1-3-20-14-7-12(2)8-15(10-14)21-22(18,19)16-6-4-5-13(9-16)11-17;1-5-6-2(3)4/h4-10H,3H2,1-2H3;1H2,(H4,3,4,6). The van der Waals surface area contributed by atoms with Gasteiger partial charge >= 0.3 is 10.1 Å². The molecule has 0 unspecified atom stereocenters. The molecule has 0 spiro atoms.